The number of hydrogen-bond acceptors (Lipinski definition) is 3. The summed E-state index contributed by atoms with van der Waals surface area (Å²) in [4.78, 5) is 14.9. The number of carbonyl (C=O) groups is 1. The third kappa shape index (κ3) is 2.28. The van der Waals surface area contributed by atoms with Crippen LogP contribution in [-0.2, 0) is 4.79 Å². The van der Waals surface area contributed by atoms with Crippen molar-refractivity contribution in [3.8, 4) is 0 Å². The minimum atomic E-state index is -0.295. The second kappa shape index (κ2) is 5.18. The van der Waals surface area contributed by atoms with Crippen LogP contribution < -0.4 is 0 Å². The topological polar surface area (TPSA) is 35.9 Å². The van der Waals surface area contributed by atoms with Gasteiger partial charge in [0.2, 0.25) is 5.91 Å². The number of carbonyl (C=O) groups excluding carboxylic acids is 1. The zero-order chi connectivity index (χ0) is 13.4. The molecule has 4 nitrogen and oxygen atoms in total. The molecular weight excluding hydrogens is 237 g/mol. The van der Waals surface area contributed by atoms with Gasteiger partial charge in [0.1, 0.15) is 7.85 Å². The first kappa shape index (κ1) is 13.0. The van der Waals surface area contributed by atoms with E-state index in [9.17, 15) is 4.79 Å². The summed E-state index contributed by atoms with van der Waals surface area (Å²) in [5.41, 5.74) is 0. The molecule has 1 aliphatic carbocycles. The largest absolute Gasteiger partial charge is 0.339 e. The maximum absolute atomic E-state index is 12.7. The van der Waals surface area contributed by atoms with Gasteiger partial charge in [0.25, 0.3) is 0 Å². The number of nitrogens with zero attached hydrogens (tertiary/aromatic N) is 3. The number of piperidine rings is 1. The van der Waals surface area contributed by atoms with E-state index in [1.54, 1.807) is 11.2 Å². The first-order chi connectivity index (χ1) is 9.18. The third-order valence-electron chi connectivity index (χ3n) is 5.02. The van der Waals surface area contributed by atoms with E-state index in [0.717, 1.165) is 18.9 Å². The lowest BCUT2D eigenvalue weighted by molar-refractivity contribution is -0.140. The maximum atomic E-state index is 12.7. The van der Waals surface area contributed by atoms with Crippen molar-refractivity contribution >= 4 is 20.0 Å². The monoisotopic (exact) mass is 259 g/mol. The van der Waals surface area contributed by atoms with E-state index < -0.39 is 0 Å². The predicted octanol–water partition coefficient (Wildman–Crippen LogP) is 1.21. The van der Waals surface area contributed by atoms with Gasteiger partial charge in [0.05, 0.1) is 5.92 Å². The molecule has 0 spiro atoms. The summed E-state index contributed by atoms with van der Waals surface area (Å²) in [5, 5.41) is 5.84. The Morgan fingerprint density at radius 3 is 2.74 bits per heavy atom. The normalized spacial score (nSPS) is 38.4. The van der Waals surface area contributed by atoms with Gasteiger partial charge in [0, 0.05) is 31.8 Å². The third-order valence-corrected chi connectivity index (χ3v) is 5.02. The average molecular weight is 259 g/mol. The summed E-state index contributed by atoms with van der Waals surface area (Å²) in [6, 6.07) is 0.460. The molecule has 1 saturated carbocycles. The molecular formula is C14H22BN3O. The fourth-order valence-electron chi connectivity index (χ4n) is 3.87. The van der Waals surface area contributed by atoms with Gasteiger partial charge in [-0.3, -0.25) is 4.79 Å². The van der Waals surface area contributed by atoms with Crippen LogP contribution in [0, 0.1) is 11.8 Å². The van der Waals surface area contributed by atoms with Crippen LogP contribution in [0.15, 0.2) is 5.10 Å². The van der Waals surface area contributed by atoms with E-state index in [2.05, 4.69) is 10.0 Å². The van der Waals surface area contributed by atoms with Gasteiger partial charge >= 0.3 is 0 Å². The summed E-state index contributed by atoms with van der Waals surface area (Å²) < 4.78 is 0. The SMILES string of the molecule is [B]C1C(C(=O)N2CCCC3CCCCC32)C=NN1C. The second-order valence-corrected chi connectivity index (χ2v) is 6.14. The maximum Gasteiger partial charge on any atom is 0.232 e. The lowest BCUT2D eigenvalue weighted by atomic mass is 9.77. The molecule has 1 amide bonds. The number of rotatable bonds is 1. The smallest absolute Gasteiger partial charge is 0.232 e. The zero-order valence-corrected chi connectivity index (χ0v) is 11.7. The molecule has 1 saturated heterocycles. The first-order valence-corrected chi connectivity index (χ1v) is 7.51. The molecule has 3 aliphatic rings. The number of likely N-dealkylation sites (tertiary alicyclic amines) is 1. The van der Waals surface area contributed by atoms with Crippen LogP contribution in [0.2, 0.25) is 0 Å². The van der Waals surface area contributed by atoms with E-state index in [1.165, 1.54) is 32.1 Å². The van der Waals surface area contributed by atoms with Gasteiger partial charge < -0.3 is 9.91 Å². The van der Waals surface area contributed by atoms with Crippen LogP contribution >= 0.6 is 0 Å². The van der Waals surface area contributed by atoms with Crippen LogP contribution in [0.25, 0.3) is 0 Å². The van der Waals surface area contributed by atoms with Crippen LogP contribution in [0.3, 0.4) is 0 Å². The van der Waals surface area contributed by atoms with Gasteiger partial charge in [0.15, 0.2) is 0 Å². The van der Waals surface area contributed by atoms with E-state index in [-0.39, 0.29) is 17.8 Å². The molecule has 2 aliphatic heterocycles. The molecule has 2 fully saturated rings. The Kier molecular flexibility index (Phi) is 3.55. The quantitative estimate of drug-likeness (QED) is 0.663. The lowest BCUT2D eigenvalue weighted by Gasteiger charge is -2.45. The summed E-state index contributed by atoms with van der Waals surface area (Å²) in [7, 11) is 7.88. The lowest BCUT2D eigenvalue weighted by Crippen LogP contribution is -2.53. The fraction of sp³-hybridized carbons (Fsp3) is 0.857. The molecule has 0 N–H and O–H groups in total. The molecule has 2 heterocycles. The van der Waals surface area contributed by atoms with Crippen LogP contribution in [0.1, 0.15) is 38.5 Å². The Hall–Kier alpha value is -0.995. The van der Waals surface area contributed by atoms with Crippen molar-refractivity contribution in [3.05, 3.63) is 0 Å². The van der Waals surface area contributed by atoms with Crippen LogP contribution in [0.5, 0.6) is 0 Å². The predicted molar refractivity (Wildman–Crippen MR) is 76.0 cm³/mol. The van der Waals surface area contributed by atoms with Crippen molar-refractivity contribution in [1.82, 2.24) is 9.91 Å². The van der Waals surface area contributed by atoms with Gasteiger partial charge in [-0.1, -0.05) is 12.8 Å². The molecule has 0 aromatic carbocycles. The summed E-state index contributed by atoms with van der Waals surface area (Å²) in [6.45, 7) is 0.904. The average Bonchev–Trinajstić information content (AvgIpc) is 2.78. The standard InChI is InChI=1S/C14H22BN3O/c1-17-13(15)11(9-16-17)14(19)18-8-4-6-10-5-2-3-7-12(10)18/h9-13H,2-8H2,1H3. The number of hydrogen-bond donors (Lipinski definition) is 0. The molecule has 4 atom stereocenters. The van der Waals surface area contributed by atoms with E-state index in [0.29, 0.717) is 6.04 Å². The Morgan fingerprint density at radius 1 is 1.26 bits per heavy atom. The van der Waals surface area contributed by atoms with Crippen LogP contribution in [-0.4, -0.2) is 55.5 Å². The Balaban J connectivity index is 1.73. The highest BCUT2D eigenvalue weighted by Crippen LogP contribution is 2.36. The van der Waals surface area contributed by atoms with E-state index >= 15 is 0 Å². The minimum absolute atomic E-state index is 0.192. The molecule has 102 valence electrons. The van der Waals surface area contributed by atoms with Crippen molar-refractivity contribution in [2.24, 2.45) is 16.9 Å². The Labute approximate surface area is 116 Å². The van der Waals surface area contributed by atoms with E-state index in [1.807, 2.05) is 7.05 Å². The number of amides is 1. The molecule has 2 radical (unpaired) electrons. The van der Waals surface area contributed by atoms with Crippen molar-refractivity contribution in [1.29, 1.82) is 0 Å². The van der Waals surface area contributed by atoms with Crippen LogP contribution in [0.4, 0.5) is 0 Å². The van der Waals surface area contributed by atoms with Crippen molar-refractivity contribution in [3.63, 3.8) is 0 Å². The molecule has 0 bridgehead atoms. The molecule has 19 heavy (non-hydrogen) atoms. The number of hydrazone groups is 1. The second-order valence-electron chi connectivity index (χ2n) is 6.14. The fourth-order valence-corrected chi connectivity index (χ4v) is 3.87. The highest BCUT2D eigenvalue weighted by molar-refractivity contribution is 6.17. The van der Waals surface area contributed by atoms with Gasteiger partial charge in [-0.2, -0.15) is 5.10 Å². The van der Waals surface area contributed by atoms with Crippen molar-refractivity contribution in [2.75, 3.05) is 13.6 Å². The first-order valence-electron chi connectivity index (χ1n) is 7.51. The summed E-state index contributed by atoms with van der Waals surface area (Å²) >= 11 is 0. The molecule has 0 aromatic rings. The van der Waals surface area contributed by atoms with Gasteiger partial charge in [-0.15, -0.1) is 0 Å². The molecule has 4 unspecified atom stereocenters. The highest BCUT2D eigenvalue weighted by Gasteiger charge is 2.40. The molecule has 0 aromatic heterocycles. The number of fused-ring (bicyclic) bond motifs is 1. The zero-order valence-electron chi connectivity index (χ0n) is 11.7. The Morgan fingerprint density at radius 2 is 2.00 bits per heavy atom. The van der Waals surface area contributed by atoms with E-state index in [4.69, 9.17) is 7.85 Å². The van der Waals surface area contributed by atoms with Gasteiger partial charge in [-0.05, 0) is 31.6 Å². The molecule has 5 heteroatoms. The highest BCUT2D eigenvalue weighted by atomic mass is 16.2. The summed E-state index contributed by atoms with van der Waals surface area (Å²) in [6.07, 6.45) is 9.21. The van der Waals surface area contributed by atoms with Crippen molar-refractivity contribution in [2.45, 2.75) is 50.5 Å². The van der Waals surface area contributed by atoms with Crippen molar-refractivity contribution < 1.29 is 4.79 Å². The van der Waals surface area contributed by atoms with Gasteiger partial charge in [-0.25, -0.2) is 0 Å². The minimum Gasteiger partial charge on any atom is -0.339 e. The summed E-state index contributed by atoms with van der Waals surface area (Å²) in [5.74, 6) is 0.359. The Bertz CT molecular complexity index is 385. The molecule has 3 rings (SSSR count).